The van der Waals surface area contributed by atoms with Crippen molar-refractivity contribution in [3.63, 3.8) is 0 Å². The third kappa shape index (κ3) is 3.58. The van der Waals surface area contributed by atoms with Gasteiger partial charge in [-0.15, -0.1) is 0 Å². The number of hydrogen-bond acceptors (Lipinski definition) is 0. The number of rotatable bonds is 4. The molecule has 0 aliphatic heterocycles. The lowest BCUT2D eigenvalue weighted by Crippen LogP contribution is -2.71. The fourth-order valence-corrected chi connectivity index (χ4v) is 4.68. The van der Waals surface area contributed by atoms with Crippen LogP contribution in [0.1, 0.15) is 11.1 Å². The van der Waals surface area contributed by atoms with Crippen molar-refractivity contribution >= 4 is 12.5 Å². The molecule has 1 aliphatic carbocycles. The molecule has 0 fully saturated rings. The SMILES string of the molecule is FB(c1ccccc1)C1(F)C(F)=C(F)C(F)C(F)(c2c(F)c(F)c(F)c(F)c2F)C1(F)c1c(F)c(F)c(F)c(F)c1F. The molecule has 0 heterocycles. The summed E-state index contributed by atoms with van der Waals surface area (Å²) in [4.78, 5) is 0. The molecule has 3 aromatic carbocycles. The van der Waals surface area contributed by atoms with Gasteiger partial charge in [0.1, 0.15) is 0 Å². The average Bonchev–Trinajstić information content (AvgIpc) is 2.98. The quantitative estimate of drug-likeness (QED) is 0.120. The number of benzene rings is 3. The van der Waals surface area contributed by atoms with Gasteiger partial charge in [-0.3, -0.25) is 0 Å². The van der Waals surface area contributed by atoms with Crippen LogP contribution in [0.2, 0.25) is 0 Å². The Balaban J connectivity index is 2.36. The second kappa shape index (κ2) is 9.93. The van der Waals surface area contributed by atoms with E-state index in [1.54, 1.807) is 0 Å². The predicted octanol–water partition coefficient (Wildman–Crippen LogP) is 7.73. The molecule has 4 atom stereocenters. The predicted molar refractivity (Wildman–Crippen MR) is 109 cm³/mol. The van der Waals surface area contributed by atoms with Crippen LogP contribution >= 0.6 is 0 Å². The molecule has 0 saturated carbocycles. The Hall–Kier alpha value is -3.73. The zero-order chi connectivity index (χ0) is 31.9. The largest absolute Gasteiger partial charge is 0.431 e. The van der Waals surface area contributed by atoms with Gasteiger partial charge in [-0.1, -0.05) is 30.3 Å². The number of hydrogen-bond donors (Lipinski definition) is 0. The molecule has 0 N–H and O–H groups in total. The second-order valence-electron chi connectivity index (χ2n) is 8.77. The highest BCUT2D eigenvalue weighted by molar-refractivity contribution is 6.70. The summed E-state index contributed by atoms with van der Waals surface area (Å²) < 4.78 is 254. The first-order valence-electron chi connectivity index (χ1n) is 10.8. The van der Waals surface area contributed by atoms with Crippen LogP contribution in [0.15, 0.2) is 42.0 Å². The molecule has 0 aromatic heterocycles. The Morgan fingerprint density at radius 2 is 0.881 bits per heavy atom. The highest BCUT2D eigenvalue weighted by Gasteiger charge is 2.83. The summed E-state index contributed by atoms with van der Waals surface area (Å²) in [6.07, 6.45) is -5.22. The minimum atomic E-state index is -6.74. The van der Waals surface area contributed by atoms with Crippen LogP contribution in [0.3, 0.4) is 0 Å². The maximum absolute atomic E-state index is 17.2. The minimum Gasteiger partial charge on any atom is -0.325 e. The second-order valence-corrected chi connectivity index (χ2v) is 8.77. The van der Waals surface area contributed by atoms with Crippen LogP contribution in [0.25, 0.3) is 0 Å². The Bertz CT molecular complexity index is 1580. The highest BCUT2D eigenvalue weighted by atomic mass is 19.2. The van der Waals surface area contributed by atoms with E-state index in [9.17, 15) is 48.3 Å². The van der Waals surface area contributed by atoms with Crippen molar-refractivity contribution in [3.8, 4) is 0 Å². The lowest BCUT2D eigenvalue weighted by molar-refractivity contribution is -0.170. The van der Waals surface area contributed by atoms with E-state index in [4.69, 9.17) is 0 Å². The molecule has 0 radical (unpaired) electrons. The van der Waals surface area contributed by atoms with Crippen molar-refractivity contribution in [2.45, 2.75) is 23.1 Å². The van der Waals surface area contributed by atoms with E-state index < -0.39 is 116 Å². The van der Waals surface area contributed by atoms with Gasteiger partial charge in [0.15, 0.2) is 64.4 Å². The summed E-state index contributed by atoms with van der Waals surface area (Å²) in [7, 11) is 0. The summed E-state index contributed by atoms with van der Waals surface area (Å²) in [6.45, 7) is -4.42. The van der Waals surface area contributed by atoms with Gasteiger partial charge in [0, 0.05) is 0 Å². The van der Waals surface area contributed by atoms with Gasteiger partial charge in [0.05, 0.1) is 11.1 Å². The van der Waals surface area contributed by atoms with Gasteiger partial charge in [-0.05, 0) is 5.46 Å². The molecule has 224 valence electrons. The molecule has 18 heteroatoms. The molecule has 0 bridgehead atoms. The van der Waals surface area contributed by atoms with Crippen LogP contribution < -0.4 is 5.46 Å². The zero-order valence-corrected chi connectivity index (χ0v) is 19.5. The van der Waals surface area contributed by atoms with Crippen molar-refractivity contribution in [2.24, 2.45) is 0 Å². The van der Waals surface area contributed by atoms with Crippen LogP contribution in [0, 0.1) is 58.2 Å². The number of allylic oxidation sites excluding steroid dienone is 2. The number of halogens is 17. The lowest BCUT2D eigenvalue weighted by Gasteiger charge is -2.51. The van der Waals surface area contributed by atoms with Crippen LogP contribution in [-0.2, 0) is 11.3 Å². The average molecular weight is 628 g/mol. The molecule has 0 saturated heterocycles. The smallest absolute Gasteiger partial charge is 0.325 e. The van der Waals surface area contributed by atoms with Crippen molar-refractivity contribution in [1.29, 1.82) is 0 Å². The molecular formula is C24H6BF17. The Morgan fingerprint density at radius 1 is 0.524 bits per heavy atom. The summed E-state index contributed by atoms with van der Waals surface area (Å²) in [5.41, 5.74) is -28.4. The Kier molecular flexibility index (Phi) is 7.38. The normalized spacial score (nSPS) is 26.2. The summed E-state index contributed by atoms with van der Waals surface area (Å²) in [6, 6.07) is 3.17. The summed E-state index contributed by atoms with van der Waals surface area (Å²) in [5.74, 6) is -42.1. The van der Waals surface area contributed by atoms with Gasteiger partial charge in [0.2, 0.25) is 28.5 Å². The van der Waals surface area contributed by atoms with Crippen LogP contribution in [0.4, 0.5) is 74.6 Å². The number of alkyl halides is 4. The van der Waals surface area contributed by atoms with Gasteiger partial charge in [-0.25, -0.2) is 70.2 Å². The van der Waals surface area contributed by atoms with E-state index in [0.717, 1.165) is 18.2 Å². The summed E-state index contributed by atoms with van der Waals surface area (Å²) >= 11 is 0. The van der Waals surface area contributed by atoms with Crippen molar-refractivity contribution < 1.29 is 74.6 Å². The molecule has 0 spiro atoms. The van der Waals surface area contributed by atoms with Gasteiger partial charge >= 0.3 is 6.99 Å². The van der Waals surface area contributed by atoms with Gasteiger partial charge < -0.3 is 4.32 Å². The first kappa shape index (κ1) is 31.2. The van der Waals surface area contributed by atoms with E-state index in [1.165, 1.54) is 0 Å². The molecule has 0 amide bonds. The molecule has 0 nitrogen and oxygen atoms in total. The fourth-order valence-electron chi connectivity index (χ4n) is 4.68. The topological polar surface area (TPSA) is 0 Å². The Labute approximate surface area is 222 Å². The van der Waals surface area contributed by atoms with E-state index in [1.807, 2.05) is 0 Å². The molecule has 42 heavy (non-hydrogen) atoms. The Morgan fingerprint density at radius 3 is 1.29 bits per heavy atom. The van der Waals surface area contributed by atoms with Crippen molar-refractivity contribution in [3.05, 3.63) is 111 Å². The van der Waals surface area contributed by atoms with E-state index in [2.05, 4.69) is 0 Å². The van der Waals surface area contributed by atoms with Crippen molar-refractivity contribution in [1.82, 2.24) is 0 Å². The van der Waals surface area contributed by atoms with Crippen molar-refractivity contribution in [2.75, 3.05) is 0 Å². The first-order valence-corrected chi connectivity index (χ1v) is 10.8. The zero-order valence-electron chi connectivity index (χ0n) is 19.5. The molecule has 3 aromatic rings. The van der Waals surface area contributed by atoms with Gasteiger partial charge in [0.25, 0.3) is 0 Å². The first-order chi connectivity index (χ1) is 19.3. The van der Waals surface area contributed by atoms with E-state index in [-0.39, 0.29) is 0 Å². The van der Waals surface area contributed by atoms with Crippen LogP contribution in [0.5, 0.6) is 0 Å². The maximum Gasteiger partial charge on any atom is 0.431 e. The lowest BCUT2D eigenvalue weighted by atomic mass is 9.41. The molecule has 4 rings (SSSR count). The standard InChI is InChI=1S/C24H6BF17/c26-9-7(10(27)14(31)17(34)13(9)30)22(39)20(37)19(36)21(38)24(41,25(42)6-4-2-1-3-5-6)23(22,40)8-11(28)15(32)18(35)16(33)12(8)29/h1-5,20H. The van der Waals surface area contributed by atoms with E-state index >= 15 is 26.3 Å². The van der Waals surface area contributed by atoms with Gasteiger partial charge in [-0.2, -0.15) is 0 Å². The molecular weight excluding hydrogens is 622 g/mol. The molecule has 1 aliphatic rings. The third-order valence-corrected chi connectivity index (χ3v) is 6.67. The maximum atomic E-state index is 17.2. The highest BCUT2D eigenvalue weighted by Crippen LogP contribution is 2.66. The third-order valence-electron chi connectivity index (χ3n) is 6.67. The fraction of sp³-hybridized carbons (Fsp3) is 0.167. The minimum absolute atomic E-state index is 0.357. The summed E-state index contributed by atoms with van der Waals surface area (Å²) in [5, 5.41) is 0. The monoisotopic (exact) mass is 628 g/mol. The van der Waals surface area contributed by atoms with E-state index in [0.29, 0.717) is 12.1 Å². The van der Waals surface area contributed by atoms with Crippen LogP contribution in [-0.4, -0.2) is 18.7 Å². The molecule has 4 unspecified atom stereocenters.